The Hall–Kier alpha value is -2.44. The number of hydrogen-bond acceptors (Lipinski definition) is 14. The van der Waals surface area contributed by atoms with Gasteiger partial charge in [0.15, 0.2) is 11.6 Å². The molecule has 76 heavy (non-hydrogen) atoms. The average molecular weight is 1070 g/mol. The molecule has 2 spiro atoms. The van der Waals surface area contributed by atoms with E-state index in [0.717, 1.165) is 139 Å². The van der Waals surface area contributed by atoms with Gasteiger partial charge in [-0.3, -0.25) is 9.68 Å². The maximum Gasteiger partial charge on any atom is 0.172 e. The summed E-state index contributed by atoms with van der Waals surface area (Å²) in [7, 11) is 0. The van der Waals surface area contributed by atoms with E-state index in [0.29, 0.717) is 52.9 Å². The number of rotatable bonds is 29. The molecule has 4 unspecified atom stereocenters. The van der Waals surface area contributed by atoms with E-state index in [1.807, 2.05) is 24.3 Å². The van der Waals surface area contributed by atoms with Crippen molar-refractivity contribution in [3.8, 4) is 11.5 Å². The monoisotopic (exact) mass is 1060 g/mol. The third kappa shape index (κ3) is 14.2. The Morgan fingerprint density at radius 2 is 0.829 bits per heavy atom. The van der Waals surface area contributed by atoms with Crippen molar-refractivity contribution >= 4 is 0 Å². The molecule has 6 saturated heterocycles. The highest BCUT2D eigenvalue weighted by Crippen LogP contribution is 2.54. The van der Waals surface area contributed by atoms with Crippen LogP contribution in [0.3, 0.4) is 0 Å². The van der Waals surface area contributed by atoms with Crippen molar-refractivity contribution in [1.82, 2.24) is 10.1 Å². The molecule has 6 aliphatic rings. The summed E-state index contributed by atoms with van der Waals surface area (Å²) in [6.07, 6.45) is 12.9. The Kier molecular flexibility index (Phi) is 19.7. The Morgan fingerprint density at radius 1 is 0.487 bits per heavy atom. The second-order valence-electron chi connectivity index (χ2n) is 25.2. The normalized spacial score (nSPS) is 29.0. The molecule has 2 aromatic rings. The molecule has 4 atom stereocenters. The van der Waals surface area contributed by atoms with Gasteiger partial charge in [-0.2, -0.15) is 10.1 Å². The third-order valence-corrected chi connectivity index (χ3v) is 18.3. The van der Waals surface area contributed by atoms with Crippen LogP contribution < -0.4 is 9.47 Å². The van der Waals surface area contributed by atoms with E-state index in [4.69, 9.17) is 57.0 Å². The predicted octanol–water partition coefficient (Wildman–Crippen LogP) is 12.7. The molecule has 0 radical (unpaired) electrons. The number of piperidine rings is 2. The topological polar surface area (TPSA) is 124 Å². The van der Waals surface area contributed by atoms with Crippen LogP contribution in [0.5, 0.6) is 11.5 Å². The second-order valence-corrected chi connectivity index (χ2v) is 25.2. The highest BCUT2D eigenvalue weighted by Gasteiger charge is 2.61. The number of unbranched alkanes of at least 4 members (excludes halogenated alkanes) is 3. The molecule has 8 rings (SSSR count). The summed E-state index contributed by atoms with van der Waals surface area (Å²) in [6, 6.07) is 16.6. The number of nitrogens with zero attached hydrogens (tertiary/aromatic N) is 2. The molecule has 0 N–H and O–H groups in total. The van der Waals surface area contributed by atoms with Crippen LogP contribution >= 0.6 is 0 Å². The molecule has 14 heteroatoms. The summed E-state index contributed by atoms with van der Waals surface area (Å²) < 4.78 is 63.0. The van der Waals surface area contributed by atoms with Crippen LogP contribution in [0.25, 0.3) is 0 Å². The summed E-state index contributed by atoms with van der Waals surface area (Å²) in [6.45, 7) is 34.9. The minimum atomic E-state index is -0.669. The van der Waals surface area contributed by atoms with Gasteiger partial charge in [-0.05, 0) is 128 Å². The van der Waals surface area contributed by atoms with Gasteiger partial charge in [-0.15, -0.1) is 0 Å². The zero-order valence-corrected chi connectivity index (χ0v) is 49.1. The minimum absolute atomic E-state index is 0.133. The van der Waals surface area contributed by atoms with Crippen molar-refractivity contribution in [3.63, 3.8) is 0 Å². The molecule has 0 bridgehead atoms. The fraction of sp³-hybridized carbons (Fsp3) is 0.806. The third-order valence-electron chi connectivity index (χ3n) is 18.3. The zero-order chi connectivity index (χ0) is 54.3. The van der Waals surface area contributed by atoms with Crippen molar-refractivity contribution in [1.29, 1.82) is 0 Å². The fourth-order valence-corrected chi connectivity index (χ4v) is 12.7. The summed E-state index contributed by atoms with van der Waals surface area (Å²) in [5.41, 5.74) is 0.727. The molecule has 14 nitrogen and oxygen atoms in total. The Balaban J connectivity index is 0.728. The molecule has 430 valence electrons. The average Bonchev–Trinajstić information content (AvgIpc) is 4.38. The van der Waals surface area contributed by atoms with E-state index in [2.05, 4.69) is 117 Å². The first-order valence-electron chi connectivity index (χ1n) is 29.7. The number of ether oxygens (including phenoxy) is 10. The number of benzene rings is 2. The Labute approximate surface area is 457 Å². The van der Waals surface area contributed by atoms with E-state index in [-0.39, 0.29) is 57.4 Å². The maximum atomic E-state index is 6.96. The summed E-state index contributed by atoms with van der Waals surface area (Å²) in [4.78, 5) is 13.9. The van der Waals surface area contributed by atoms with Gasteiger partial charge in [0.05, 0.1) is 63.9 Å². The van der Waals surface area contributed by atoms with Crippen molar-refractivity contribution in [2.24, 2.45) is 10.8 Å². The van der Waals surface area contributed by atoms with E-state index in [9.17, 15) is 0 Å². The predicted molar refractivity (Wildman–Crippen MR) is 294 cm³/mol. The van der Waals surface area contributed by atoms with Crippen molar-refractivity contribution in [2.75, 3.05) is 79.3 Å². The minimum Gasteiger partial charge on any atom is -0.491 e. The highest BCUT2D eigenvalue weighted by atomic mass is 16.7. The van der Waals surface area contributed by atoms with Gasteiger partial charge in [0.1, 0.15) is 49.1 Å². The summed E-state index contributed by atoms with van der Waals surface area (Å²) in [5.74, 6) is 0.370. The Bertz CT molecular complexity index is 1920. The van der Waals surface area contributed by atoms with Gasteiger partial charge in [0.25, 0.3) is 0 Å². The lowest BCUT2D eigenvalue weighted by Gasteiger charge is -2.61. The first kappa shape index (κ1) is 59.7. The fourth-order valence-electron chi connectivity index (χ4n) is 12.7. The molecular formula is C62H100N2O12. The van der Waals surface area contributed by atoms with Gasteiger partial charge in [-0.25, -0.2) is 0 Å². The molecular weight excluding hydrogens is 965 g/mol. The molecule has 2 aromatic carbocycles. The lowest BCUT2D eigenvalue weighted by atomic mass is 9.72. The van der Waals surface area contributed by atoms with Crippen molar-refractivity contribution in [3.05, 3.63) is 59.7 Å². The molecule has 6 aliphatic heterocycles. The van der Waals surface area contributed by atoms with Gasteiger partial charge < -0.3 is 47.4 Å². The second kappa shape index (κ2) is 25.1. The van der Waals surface area contributed by atoms with Crippen LogP contribution in [0.2, 0.25) is 0 Å². The van der Waals surface area contributed by atoms with Crippen LogP contribution in [0.15, 0.2) is 48.5 Å². The SMILES string of the molecule is CCC1(COCCCCCCOCC2(CC)COC3(CC(C)(C)N(OC(C)c4ccc(OCC5CO5)cc4)C(CC)(CC)C3)OC2)COC2(CC(C)(C)N(OC(C)c3ccc(OCC4CO4)cc3)C(CC)(CC)C2)OC1. The molecule has 0 amide bonds. The molecule has 0 saturated carbocycles. The van der Waals surface area contributed by atoms with Crippen LogP contribution in [-0.4, -0.2) is 135 Å². The lowest BCUT2D eigenvalue weighted by Crippen LogP contribution is -2.69. The zero-order valence-electron chi connectivity index (χ0n) is 49.1. The summed E-state index contributed by atoms with van der Waals surface area (Å²) >= 11 is 0. The van der Waals surface area contributed by atoms with Crippen molar-refractivity contribution in [2.45, 2.75) is 231 Å². The van der Waals surface area contributed by atoms with Gasteiger partial charge in [-0.1, -0.05) is 78.6 Å². The lowest BCUT2D eigenvalue weighted by molar-refractivity contribution is -0.397. The van der Waals surface area contributed by atoms with Crippen molar-refractivity contribution < 1.29 is 57.0 Å². The molecule has 0 aromatic heterocycles. The van der Waals surface area contributed by atoms with Crippen LogP contribution in [0, 0.1) is 10.8 Å². The first-order valence-corrected chi connectivity index (χ1v) is 29.7. The quantitative estimate of drug-likeness (QED) is 0.0567. The van der Waals surface area contributed by atoms with Gasteiger partial charge in [0.2, 0.25) is 0 Å². The largest absolute Gasteiger partial charge is 0.491 e. The van der Waals surface area contributed by atoms with E-state index < -0.39 is 11.6 Å². The highest BCUT2D eigenvalue weighted by molar-refractivity contribution is 5.29. The standard InChI is InChI=1S/C62H100N2O12/c1-13-57(43-71-61(72-44-57)37-55(9,10)63(59(15-3,16-4)39-61)75-47(7)49-23-27-51(28-24-49)67-33-53-35-69-53)41-65-31-21-19-20-22-32-66-42-58(14-2)45-73-62(74-46-58)38-56(11,12)64(60(17-5,18-6)40-62)76-48(8)50-25-29-52(30-26-50)68-34-54-36-70-54/h23-30,47-48,53-54H,13-22,31-46H2,1-12H3. The van der Waals surface area contributed by atoms with Gasteiger partial charge >= 0.3 is 0 Å². The first-order chi connectivity index (χ1) is 36.4. The van der Waals surface area contributed by atoms with E-state index in [1.54, 1.807) is 0 Å². The Morgan fingerprint density at radius 3 is 1.13 bits per heavy atom. The molecule has 0 aliphatic carbocycles. The van der Waals surface area contributed by atoms with Crippen LogP contribution in [-0.2, 0) is 47.6 Å². The van der Waals surface area contributed by atoms with E-state index >= 15 is 0 Å². The smallest absolute Gasteiger partial charge is 0.172 e. The number of hydrogen-bond donors (Lipinski definition) is 0. The number of hydroxylamine groups is 4. The molecule has 6 heterocycles. The van der Waals surface area contributed by atoms with Crippen LogP contribution in [0.1, 0.15) is 196 Å². The van der Waals surface area contributed by atoms with Crippen LogP contribution in [0.4, 0.5) is 0 Å². The number of epoxide rings is 2. The summed E-state index contributed by atoms with van der Waals surface area (Å²) in [5, 5.41) is 4.59. The maximum absolute atomic E-state index is 6.96. The van der Waals surface area contributed by atoms with Gasteiger partial charge in [0, 0.05) is 60.8 Å². The van der Waals surface area contributed by atoms with E-state index in [1.165, 1.54) is 0 Å². The molecule has 6 fully saturated rings.